The summed E-state index contributed by atoms with van der Waals surface area (Å²) in [7, 11) is 1.25. The molecule has 0 saturated heterocycles. The van der Waals surface area contributed by atoms with Crippen molar-refractivity contribution >= 4 is 28.6 Å². The van der Waals surface area contributed by atoms with Gasteiger partial charge in [-0.1, -0.05) is 23.9 Å². The molecule has 0 spiro atoms. The van der Waals surface area contributed by atoms with Crippen molar-refractivity contribution in [3.63, 3.8) is 0 Å². The molecule has 0 unspecified atom stereocenters. The van der Waals surface area contributed by atoms with E-state index in [-0.39, 0.29) is 16.2 Å². The smallest absolute Gasteiger partial charge is 0.318 e. The molecule has 2 aromatic carbocycles. The van der Waals surface area contributed by atoms with E-state index in [4.69, 9.17) is 0 Å². The Kier molecular flexibility index (Phi) is 5.03. The van der Waals surface area contributed by atoms with Crippen LogP contribution in [0.3, 0.4) is 0 Å². The number of nitrogens with zero attached hydrogens (tertiary/aromatic N) is 2. The van der Waals surface area contributed by atoms with Crippen LogP contribution < -0.4 is 5.56 Å². The second kappa shape index (κ2) is 7.25. The third-order valence-electron chi connectivity index (χ3n) is 3.71. The summed E-state index contributed by atoms with van der Waals surface area (Å²) in [6, 6.07) is 9.51. The molecule has 1 heterocycles. The highest BCUT2D eigenvalue weighted by Gasteiger charge is 2.22. The van der Waals surface area contributed by atoms with Crippen molar-refractivity contribution in [1.82, 2.24) is 9.55 Å². The van der Waals surface area contributed by atoms with Crippen LogP contribution in [0.4, 0.5) is 8.78 Å². The topological polar surface area (TPSA) is 61.2 Å². The summed E-state index contributed by atoms with van der Waals surface area (Å²) >= 11 is 0.957. The monoisotopic (exact) mass is 376 g/mol. The Bertz CT molecular complexity index is 1050. The lowest BCUT2D eigenvalue weighted by Gasteiger charge is -2.16. The van der Waals surface area contributed by atoms with E-state index in [1.165, 1.54) is 7.11 Å². The van der Waals surface area contributed by atoms with E-state index in [1.807, 2.05) is 0 Å². The molecule has 3 aromatic rings. The van der Waals surface area contributed by atoms with Crippen LogP contribution in [0.2, 0.25) is 0 Å². The normalized spacial score (nSPS) is 12.2. The molecule has 0 saturated carbocycles. The molecule has 0 fully saturated rings. The number of carbonyl (C=O) groups excluding carboxylic acids is 1. The van der Waals surface area contributed by atoms with Gasteiger partial charge in [0.2, 0.25) is 0 Å². The van der Waals surface area contributed by atoms with Crippen LogP contribution in [0.5, 0.6) is 0 Å². The number of carbonyl (C=O) groups is 1. The van der Waals surface area contributed by atoms with Gasteiger partial charge in [0, 0.05) is 6.07 Å². The number of esters is 1. The van der Waals surface area contributed by atoms with Crippen molar-refractivity contribution in [1.29, 1.82) is 0 Å². The first-order valence-electron chi connectivity index (χ1n) is 7.64. The average molecular weight is 376 g/mol. The Morgan fingerprint density at radius 1 is 1.23 bits per heavy atom. The zero-order valence-corrected chi connectivity index (χ0v) is 14.7. The number of benzene rings is 2. The van der Waals surface area contributed by atoms with Crippen LogP contribution in [-0.4, -0.2) is 27.9 Å². The van der Waals surface area contributed by atoms with Crippen LogP contribution in [0, 0.1) is 11.6 Å². The molecule has 0 amide bonds. The minimum atomic E-state index is -0.906. The third kappa shape index (κ3) is 3.32. The maximum atomic E-state index is 14.3. The number of aromatic nitrogens is 2. The van der Waals surface area contributed by atoms with Gasteiger partial charge in [0.1, 0.15) is 16.9 Å². The van der Waals surface area contributed by atoms with Crippen molar-refractivity contribution in [2.24, 2.45) is 0 Å². The Morgan fingerprint density at radius 3 is 2.65 bits per heavy atom. The van der Waals surface area contributed by atoms with Gasteiger partial charge in [-0.15, -0.1) is 0 Å². The number of hydrogen-bond donors (Lipinski definition) is 0. The van der Waals surface area contributed by atoms with Gasteiger partial charge in [0.25, 0.3) is 5.56 Å². The largest absolute Gasteiger partial charge is 0.468 e. The maximum absolute atomic E-state index is 14.3. The summed E-state index contributed by atoms with van der Waals surface area (Å²) in [5.41, 5.74) is -0.245. The number of para-hydroxylation sites is 1. The van der Waals surface area contributed by atoms with Crippen LogP contribution in [0.1, 0.15) is 6.92 Å². The van der Waals surface area contributed by atoms with E-state index < -0.39 is 28.4 Å². The summed E-state index contributed by atoms with van der Waals surface area (Å²) in [4.78, 5) is 29.1. The summed E-state index contributed by atoms with van der Waals surface area (Å²) in [6.45, 7) is 1.59. The molecule has 1 atom stereocenters. The van der Waals surface area contributed by atoms with Gasteiger partial charge in [-0.05, 0) is 31.2 Å². The predicted octanol–water partition coefficient (Wildman–Crippen LogP) is 3.32. The lowest BCUT2D eigenvalue weighted by atomic mass is 10.2. The summed E-state index contributed by atoms with van der Waals surface area (Å²) in [6.07, 6.45) is 0. The third-order valence-corrected chi connectivity index (χ3v) is 4.74. The van der Waals surface area contributed by atoms with E-state index in [9.17, 15) is 18.4 Å². The van der Waals surface area contributed by atoms with E-state index >= 15 is 0 Å². The van der Waals surface area contributed by atoms with Crippen molar-refractivity contribution < 1.29 is 18.3 Å². The van der Waals surface area contributed by atoms with E-state index in [1.54, 1.807) is 31.2 Å². The van der Waals surface area contributed by atoms with E-state index in [2.05, 4.69) is 9.72 Å². The zero-order chi connectivity index (χ0) is 18.8. The fourth-order valence-corrected chi connectivity index (χ4v) is 3.39. The minimum Gasteiger partial charge on any atom is -0.468 e. The van der Waals surface area contributed by atoms with Gasteiger partial charge >= 0.3 is 5.97 Å². The first-order chi connectivity index (χ1) is 12.4. The number of hydrogen-bond acceptors (Lipinski definition) is 5. The van der Waals surface area contributed by atoms with Crippen LogP contribution in [-0.2, 0) is 9.53 Å². The van der Waals surface area contributed by atoms with Gasteiger partial charge < -0.3 is 4.74 Å². The van der Waals surface area contributed by atoms with Crippen molar-refractivity contribution in [2.45, 2.75) is 17.3 Å². The van der Waals surface area contributed by atoms with Crippen molar-refractivity contribution in [3.8, 4) is 5.69 Å². The van der Waals surface area contributed by atoms with Crippen molar-refractivity contribution in [3.05, 3.63) is 64.5 Å². The van der Waals surface area contributed by atoms with Crippen LogP contribution in [0.25, 0.3) is 16.6 Å². The first kappa shape index (κ1) is 18.1. The molecule has 0 aliphatic heterocycles. The molecule has 3 rings (SSSR count). The Labute approximate surface area is 151 Å². The SMILES string of the molecule is COC(=O)[C@H](C)Sc1nc2ccccc2c(=O)n1-c1ccc(F)cc1F. The molecule has 0 bridgehead atoms. The highest BCUT2D eigenvalue weighted by molar-refractivity contribution is 8.00. The molecular weight excluding hydrogens is 362 g/mol. The highest BCUT2D eigenvalue weighted by Crippen LogP contribution is 2.26. The van der Waals surface area contributed by atoms with Gasteiger partial charge in [-0.3, -0.25) is 14.2 Å². The zero-order valence-electron chi connectivity index (χ0n) is 13.9. The molecule has 5 nitrogen and oxygen atoms in total. The summed E-state index contributed by atoms with van der Waals surface area (Å²) in [5.74, 6) is -2.18. The highest BCUT2D eigenvalue weighted by atomic mass is 32.2. The maximum Gasteiger partial charge on any atom is 0.318 e. The number of ether oxygens (including phenoxy) is 1. The van der Waals surface area contributed by atoms with Crippen molar-refractivity contribution in [2.75, 3.05) is 7.11 Å². The number of halogens is 2. The van der Waals surface area contributed by atoms with Gasteiger partial charge in [0.15, 0.2) is 5.16 Å². The molecule has 134 valence electrons. The minimum absolute atomic E-state index is 0.108. The van der Waals surface area contributed by atoms with E-state index in [0.717, 1.165) is 28.5 Å². The number of methoxy groups -OCH3 is 1. The fraction of sp³-hybridized carbons (Fsp3) is 0.167. The van der Waals surface area contributed by atoms with Crippen LogP contribution >= 0.6 is 11.8 Å². The standard InChI is InChI=1S/C18H14F2N2O3S/c1-10(17(24)25-2)26-18-21-14-6-4-3-5-12(14)16(23)22(18)15-8-7-11(19)9-13(15)20/h3-10H,1-2H3/t10-/m0/s1. The van der Waals surface area contributed by atoms with Gasteiger partial charge in [-0.2, -0.15) is 0 Å². The molecule has 26 heavy (non-hydrogen) atoms. The van der Waals surface area contributed by atoms with Gasteiger partial charge in [0.05, 0.1) is 23.7 Å². The number of thioether (sulfide) groups is 1. The second-order valence-corrected chi connectivity index (χ2v) is 6.74. The molecule has 0 radical (unpaired) electrons. The molecule has 8 heteroatoms. The summed E-state index contributed by atoms with van der Waals surface area (Å²) in [5, 5.41) is -0.286. The predicted molar refractivity (Wildman–Crippen MR) is 94.6 cm³/mol. The summed E-state index contributed by atoms with van der Waals surface area (Å²) < 4.78 is 33.3. The fourth-order valence-electron chi connectivity index (χ4n) is 2.44. The van der Waals surface area contributed by atoms with Crippen LogP contribution in [0.15, 0.2) is 52.4 Å². The molecule has 0 aliphatic rings. The van der Waals surface area contributed by atoms with E-state index in [0.29, 0.717) is 11.6 Å². The quantitative estimate of drug-likeness (QED) is 0.397. The Hall–Kier alpha value is -2.74. The van der Waals surface area contributed by atoms with Gasteiger partial charge in [-0.25, -0.2) is 13.8 Å². The Morgan fingerprint density at radius 2 is 1.96 bits per heavy atom. The molecule has 0 N–H and O–H groups in total. The molecule has 1 aromatic heterocycles. The second-order valence-electron chi connectivity index (χ2n) is 5.43. The number of fused-ring (bicyclic) bond motifs is 1. The average Bonchev–Trinajstić information content (AvgIpc) is 2.62. The molecule has 0 aliphatic carbocycles. The lowest BCUT2D eigenvalue weighted by molar-refractivity contribution is -0.139. The molecular formula is C18H14F2N2O3S. The Balaban J connectivity index is 2.27. The first-order valence-corrected chi connectivity index (χ1v) is 8.52. The lowest BCUT2D eigenvalue weighted by Crippen LogP contribution is -2.24. The number of rotatable bonds is 4.